The van der Waals surface area contributed by atoms with Gasteiger partial charge < -0.3 is 0 Å². The van der Waals surface area contributed by atoms with E-state index in [0.29, 0.717) is 21.7 Å². The molecule has 0 bridgehead atoms. The van der Waals surface area contributed by atoms with Crippen molar-refractivity contribution in [2.45, 2.75) is 0 Å². The van der Waals surface area contributed by atoms with Crippen molar-refractivity contribution in [3.63, 3.8) is 0 Å². The molecule has 198 valence electrons. The number of hydrogen-bond donors (Lipinski definition) is 0. The number of benzene rings is 5. The van der Waals surface area contributed by atoms with E-state index in [1.807, 2.05) is 127 Å². The molecule has 4 nitrogen and oxygen atoms in total. The first-order valence-electron chi connectivity index (χ1n) is 12.9. The molecule has 5 aromatic rings. The summed E-state index contributed by atoms with van der Waals surface area (Å²) in [5, 5.41) is 0. The van der Waals surface area contributed by atoms with Gasteiger partial charge in [0.25, 0.3) is 0 Å². The summed E-state index contributed by atoms with van der Waals surface area (Å²) in [6.45, 7) is 0. The normalized spacial score (nSPS) is 11.3. The third kappa shape index (κ3) is 5.80. The summed E-state index contributed by atoms with van der Waals surface area (Å²) >= 11 is -6.00. The quantitative estimate of drug-likeness (QED) is 0.212. The van der Waals surface area contributed by atoms with Crippen molar-refractivity contribution >= 4 is 40.7 Å². The summed E-state index contributed by atoms with van der Waals surface area (Å²) in [6.07, 6.45) is 0. The maximum atomic E-state index is 13.7. The van der Waals surface area contributed by atoms with E-state index in [-0.39, 0.29) is 0 Å². The molecule has 5 rings (SSSR count). The second-order valence-corrected chi connectivity index (χ2v) is 19.9. The SMILES string of the molecule is O=C(C#Cc1ccccc1)[O][Sb]([O]C(=O)C#Cc1ccccc1)([c]1ccccc1)([c]1ccccc1)[c]1ccccc1. The molecule has 0 amide bonds. The average molecular weight is 643 g/mol. The molecule has 0 heterocycles. The Bertz CT molecular complexity index is 1590. The number of hydrogen-bond acceptors (Lipinski definition) is 4. The average Bonchev–Trinajstić information content (AvgIpc) is 3.05. The molecular weight excluding hydrogens is 618 g/mol. The van der Waals surface area contributed by atoms with Gasteiger partial charge in [0, 0.05) is 0 Å². The third-order valence-corrected chi connectivity index (χ3v) is 19.9. The fourth-order valence-electron chi connectivity index (χ4n) is 4.53. The van der Waals surface area contributed by atoms with Crippen molar-refractivity contribution in [1.82, 2.24) is 0 Å². The Morgan fingerprint density at radius 1 is 0.415 bits per heavy atom. The van der Waals surface area contributed by atoms with Gasteiger partial charge in [-0.3, -0.25) is 0 Å². The van der Waals surface area contributed by atoms with E-state index in [1.54, 1.807) is 24.3 Å². The minimum atomic E-state index is -6.00. The zero-order chi connectivity index (χ0) is 28.4. The van der Waals surface area contributed by atoms with E-state index < -0.39 is 30.2 Å². The fourth-order valence-corrected chi connectivity index (χ4v) is 17.2. The molecule has 0 spiro atoms. The van der Waals surface area contributed by atoms with Crippen LogP contribution in [0.1, 0.15) is 11.1 Å². The van der Waals surface area contributed by atoms with Crippen LogP contribution >= 0.6 is 0 Å². The van der Waals surface area contributed by atoms with Gasteiger partial charge in [-0.05, 0) is 0 Å². The zero-order valence-corrected chi connectivity index (χ0v) is 24.6. The van der Waals surface area contributed by atoms with Crippen LogP contribution in [0, 0.1) is 23.7 Å². The first-order chi connectivity index (χ1) is 20.1. The van der Waals surface area contributed by atoms with E-state index in [1.165, 1.54) is 0 Å². The van der Waals surface area contributed by atoms with E-state index >= 15 is 0 Å². The van der Waals surface area contributed by atoms with E-state index in [0.717, 1.165) is 0 Å². The van der Waals surface area contributed by atoms with E-state index in [2.05, 4.69) is 23.7 Å². The maximum absolute atomic E-state index is 13.7. The van der Waals surface area contributed by atoms with Gasteiger partial charge >= 0.3 is 243 Å². The molecule has 0 saturated heterocycles. The Morgan fingerprint density at radius 2 is 0.683 bits per heavy atom. The van der Waals surface area contributed by atoms with Crippen LogP contribution in [-0.2, 0) is 15.6 Å². The molecule has 0 aliphatic rings. The van der Waals surface area contributed by atoms with Gasteiger partial charge in [-0.25, -0.2) is 0 Å². The number of carbonyl (C=O) groups excluding carboxylic acids is 2. The summed E-state index contributed by atoms with van der Waals surface area (Å²) in [4.78, 5) is 27.5. The van der Waals surface area contributed by atoms with Gasteiger partial charge in [0.1, 0.15) is 0 Å². The van der Waals surface area contributed by atoms with Gasteiger partial charge in [0.2, 0.25) is 0 Å². The van der Waals surface area contributed by atoms with E-state index in [4.69, 9.17) is 6.03 Å². The second kappa shape index (κ2) is 12.4. The second-order valence-electron chi connectivity index (χ2n) is 8.95. The minimum absolute atomic E-state index is 0.586. The number of carbonyl (C=O) groups is 2. The molecule has 0 atom stereocenters. The van der Waals surface area contributed by atoms with Gasteiger partial charge in [0.15, 0.2) is 0 Å². The van der Waals surface area contributed by atoms with Crippen molar-refractivity contribution in [3.8, 4) is 23.7 Å². The van der Waals surface area contributed by atoms with Crippen LogP contribution in [0.2, 0.25) is 0 Å². The molecule has 0 radical (unpaired) electrons. The summed E-state index contributed by atoms with van der Waals surface area (Å²) in [5.74, 6) is 9.40. The van der Waals surface area contributed by atoms with Crippen molar-refractivity contribution in [1.29, 1.82) is 0 Å². The molecule has 0 N–H and O–H groups in total. The molecule has 5 aromatic carbocycles. The van der Waals surface area contributed by atoms with Crippen LogP contribution < -0.4 is 10.5 Å². The Morgan fingerprint density at radius 3 is 0.976 bits per heavy atom. The molecule has 0 aliphatic heterocycles. The van der Waals surface area contributed by atoms with Crippen LogP contribution in [-0.4, -0.2) is 30.2 Å². The topological polar surface area (TPSA) is 52.6 Å². The fraction of sp³-hybridized carbons (Fsp3) is 0. The van der Waals surface area contributed by atoms with Gasteiger partial charge in [-0.1, -0.05) is 0 Å². The standard InChI is InChI=1S/2C9H6O2.3C6H5.Sb/c2*10-9(11)7-6-8-4-2-1-3-5-8;3*1-2-4-6-5-3-1;/h2*1-5H,(H,10,11);3*1-5H;/q;;;;;+2/p-2. The van der Waals surface area contributed by atoms with Crippen molar-refractivity contribution in [3.05, 3.63) is 163 Å². The molecule has 0 aliphatic carbocycles. The Labute approximate surface area is 241 Å². The van der Waals surface area contributed by atoms with Gasteiger partial charge in [-0.2, -0.15) is 0 Å². The van der Waals surface area contributed by atoms with Gasteiger partial charge in [0.05, 0.1) is 0 Å². The Hall–Kier alpha value is -5.02. The summed E-state index contributed by atoms with van der Waals surface area (Å²) in [6, 6.07) is 45.9. The molecule has 0 saturated carbocycles. The molecule has 0 aromatic heterocycles. The molecular formula is C36H25O4Sb. The van der Waals surface area contributed by atoms with Crippen LogP contribution in [0.4, 0.5) is 0 Å². The van der Waals surface area contributed by atoms with Crippen molar-refractivity contribution < 1.29 is 15.6 Å². The van der Waals surface area contributed by atoms with Crippen molar-refractivity contribution in [2.75, 3.05) is 0 Å². The first-order valence-corrected chi connectivity index (χ1v) is 18.8. The third-order valence-electron chi connectivity index (χ3n) is 6.36. The Kier molecular flexibility index (Phi) is 8.36. The summed E-state index contributed by atoms with van der Waals surface area (Å²) < 4.78 is 15.0. The van der Waals surface area contributed by atoms with Gasteiger partial charge in [-0.15, -0.1) is 0 Å². The molecule has 0 fully saturated rings. The predicted molar refractivity (Wildman–Crippen MR) is 163 cm³/mol. The van der Waals surface area contributed by atoms with Crippen LogP contribution in [0.5, 0.6) is 0 Å². The predicted octanol–water partition coefficient (Wildman–Crippen LogP) is 4.29. The molecule has 0 unspecified atom stereocenters. The summed E-state index contributed by atoms with van der Waals surface area (Å²) in [5.41, 5.74) is 1.31. The Balaban J connectivity index is 1.77. The number of rotatable bonds is 5. The van der Waals surface area contributed by atoms with Crippen molar-refractivity contribution in [2.24, 2.45) is 0 Å². The first kappa shape index (κ1) is 27.5. The monoisotopic (exact) mass is 642 g/mol. The molecule has 5 heteroatoms. The molecule has 41 heavy (non-hydrogen) atoms. The summed E-state index contributed by atoms with van der Waals surface area (Å²) in [7, 11) is 0. The van der Waals surface area contributed by atoms with Crippen LogP contribution in [0.3, 0.4) is 0 Å². The zero-order valence-electron chi connectivity index (χ0n) is 22.0. The van der Waals surface area contributed by atoms with Crippen LogP contribution in [0.25, 0.3) is 0 Å². The van der Waals surface area contributed by atoms with Crippen LogP contribution in [0.15, 0.2) is 152 Å². The van der Waals surface area contributed by atoms with E-state index in [9.17, 15) is 9.59 Å².